The lowest BCUT2D eigenvalue weighted by Crippen LogP contribution is -2.29. The second-order valence-electron chi connectivity index (χ2n) is 5.50. The molecule has 0 aromatic rings. The van der Waals surface area contributed by atoms with Crippen molar-refractivity contribution in [3.8, 4) is 0 Å². The minimum absolute atomic E-state index is 0.890. The normalized spacial score (nSPS) is 33.8. The van der Waals surface area contributed by atoms with Crippen molar-refractivity contribution < 1.29 is 0 Å². The van der Waals surface area contributed by atoms with E-state index in [0.29, 0.717) is 0 Å². The zero-order valence-electron chi connectivity index (χ0n) is 12.0. The van der Waals surface area contributed by atoms with Crippen LogP contribution in [0.3, 0.4) is 0 Å². The zero-order valence-corrected chi connectivity index (χ0v) is 12.0. The summed E-state index contributed by atoms with van der Waals surface area (Å²) in [5.41, 5.74) is 0.890. The van der Waals surface area contributed by atoms with Gasteiger partial charge in [-0.3, -0.25) is 0 Å². The number of rotatable bonds is 0. The first-order valence-electron chi connectivity index (χ1n) is 7.89. The van der Waals surface area contributed by atoms with E-state index in [2.05, 4.69) is 0 Å². The zero-order chi connectivity index (χ0) is 12.0. The summed E-state index contributed by atoms with van der Waals surface area (Å²) >= 11 is 0. The molecule has 3 fully saturated rings. The van der Waals surface area contributed by atoms with Crippen molar-refractivity contribution in [3.05, 3.63) is 0 Å². The largest absolute Gasteiger partial charge is 0.0683 e. The van der Waals surface area contributed by atoms with Crippen LogP contribution >= 0.6 is 0 Å². The fraction of sp³-hybridized carbons (Fsp3) is 1.00. The van der Waals surface area contributed by atoms with Crippen molar-refractivity contribution in [2.45, 2.75) is 85.5 Å². The Labute approximate surface area is 103 Å². The highest BCUT2D eigenvalue weighted by atomic mass is 14.5. The van der Waals surface area contributed by atoms with Gasteiger partial charge in [-0.25, -0.2) is 0 Å². The number of hydrogen-bond acceptors (Lipinski definition) is 0. The van der Waals surface area contributed by atoms with Crippen LogP contribution in [0.2, 0.25) is 0 Å². The molecule has 2 bridgehead atoms. The Kier molecular flexibility index (Phi) is 5.86. The highest BCUT2D eigenvalue weighted by molar-refractivity contribution is 5.01. The highest BCUT2D eigenvalue weighted by Gasteiger charge is 2.50. The van der Waals surface area contributed by atoms with Crippen LogP contribution in [0.5, 0.6) is 0 Å². The highest BCUT2D eigenvalue weighted by Crippen LogP contribution is 2.61. The van der Waals surface area contributed by atoms with Gasteiger partial charge in [0.15, 0.2) is 0 Å². The van der Waals surface area contributed by atoms with E-state index in [4.69, 9.17) is 0 Å². The Morgan fingerprint density at radius 1 is 0.812 bits per heavy atom. The van der Waals surface area contributed by atoms with E-state index < -0.39 is 0 Å². The summed E-state index contributed by atoms with van der Waals surface area (Å²) in [6.07, 6.45) is 14.2. The lowest BCUT2D eigenvalue weighted by Gasteiger charge is -2.41. The molecule has 1 spiro atoms. The Balaban J connectivity index is 0.000000291. The average molecular weight is 224 g/mol. The van der Waals surface area contributed by atoms with E-state index in [1.54, 1.807) is 51.4 Å². The lowest BCUT2D eigenvalue weighted by atomic mass is 9.64. The van der Waals surface area contributed by atoms with Crippen molar-refractivity contribution in [1.29, 1.82) is 0 Å². The van der Waals surface area contributed by atoms with Crippen molar-refractivity contribution in [2.24, 2.45) is 17.3 Å². The van der Waals surface area contributed by atoms with Gasteiger partial charge in [0.05, 0.1) is 0 Å². The van der Waals surface area contributed by atoms with Gasteiger partial charge in [-0.2, -0.15) is 0 Å². The number of fused-ring (bicyclic) bond motifs is 3. The monoisotopic (exact) mass is 224 g/mol. The fourth-order valence-electron chi connectivity index (χ4n) is 4.43. The molecule has 0 aromatic carbocycles. The van der Waals surface area contributed by atoms with Gasteiger partial charge in [0.1, 0.15) is 0 Å². The summed E-state index contributed by atoms with van der Waals surface area (Å²) in [5.74, 6) is 2.33. The van der Waals surface area contributed by atoms with E-state index in [-0.39, 0.29) is 0 Å². The van der Waals surface area contributed by atoms with Crippen molar-refractivity contribution in [1.82, 2.24) is 0 Å². The molecule has 3 aliphatic rings. The van der Waals surface area contributed by atoms with Crippen LogP contribution in [-0.4, -0.2) is 0 Å². The Hall–Kier alpha value is 0. The SMILES string of the molecule is C1CCC2(CC1)CC1CCC2C1.CC.CC. The minimum Gasteiger partial charge on any atom is -0.0683 e. The lowest BCUT2D eigenvalue weighted by molar-refractivity contribution is 0.102. The molecule has 0 N–H and O–H groups in total. The molecule has 0 nitrogen and oxygen atoms in total. The first-order chi connectivity index (χ1) is 7.89. The smallest absolute Gasteiger partial charge is 0.0266 e. The van der Waals surface area contributed by atoms with Crippen LogP contribution in [-0.2, 0) is 0 Å². The summed E-state index contributed by atoms with van der Waals surface area (Å²) in [6, 6.07) is 0. The van der Waals surface area contributed by atoms with E-state index >= 15 is 0 Å². The maximum Gasteiger partial charge on any atom is -0.0266 e. The molecule has 0 radical (unpaired) electrons. The molecule has 0 heteroatoms. The third kappa shape index (κ3) is 2.63. The number of hydrogen-bond donors (Lipinski definition) is 0. The van der Waals surface area contributed by atoms with Gasteiger partial charge >= 0.3 is 0 Å². The molecule has 0 aromatic heterocycles. The van der Waals surface area contributed by atoms with Crippen LogP contribution in [0.25, 0.3) is 0 Å². The summed E-state index contributed by atoms with van der Waals surface area (Å²) in [4.78, 5) is 0. The molecule has 96 valence electrons. The van der Waals surface area contributed by atoms with Gasteiger partial charge < -0.3 is 0 Å². The van der Waals surface area contributed by atoms with Crippen LogP contribution < -0.4 is 0 Å². The van der Waals surface area contributed by atoms with Crippen LogP contribution in [0.4, 0.5) is 0 Å². The van der Waals surface area contributed by atoms with Crippen molar-refractivity contribution in [2.75, 3.05) is 0 Å². The van der Waals surface area contributed by atoms with Gasteiger partial charge in [0.25, 0.3) is 0 Å². The Morgan fingerprint density at radius 2 is 1.44 bits per heavy atom. The van der Waals surface area contributed by atoms with Gasteiger partial charge in [-0.1, -0.05) is 53.4 Å². The molecule has 2 atom stereocenters. The predicted octanol–water partition coefficient (Wildman–Crippen LogP) is 5.81. The van der Waals surface area contributed by atoms with Gasteiger partial charge in [-0.05, 0) is 49.4 Å². The van der Waals surface area contributed by atoms with E-state index in [1.807, 2.05) is 27.7 Å². The topological polar surface area (TPSA) is 0 Å². The second kappa shape index (κ2) is 6.67. The van der Waals surface area contributed by atoms with Crippen LogP contribution in [0, 0.1) is 17.3 Å². The summed E-state index contributed by atoms with van der Waals surface area (Å²) in [7, 11) is 0. The van der Waals surface area contributed by atoms with Crippen LogP contribution in [0.1, 0.15) is 85.5 Å². The van der Waals surface area contributed by atoms with Gasteiger partial charge in [0, 0.05) is 0 Å². The standard InChI is InChI=1S/C12H20.2C2H6/c1-2-6-12(7-3-1)9-10-4-5-11(12)8-10;2*1-2/h10-11H,1-9H2;2*1-2H3. The first-order valence-corrected chi connectivity index (χ1v) is 7.89. The molecule has 16 heavy (non-hydrogen) atoms. The molecular weight excluding hydrogens is 192 g/mol. The summed E-state index contributed by atoms with van der Waals surface area (Å²) in [6.45, 7) is 8.00. The molecule has 0 heterocycles. The van der Waals surface area contributed by atoms with Gasteiger partial charge in [0.2, 0.25) is 0 Å². The maximum absolute atomic E-state index is 2.00. The van der Waals surface area contributed by atoms with Crippen molar-refractivity contribution >= 4 is 0 Å². The molecule has 3 rings (SSSR count). The van der Waals surface area contributed by atoms with Crippen molar-refractivity contribution in [3.63, 3.8) is 0 Å². The molecule has 0 amide bonds. The fourth-order valence-corrected chi connectivity index (χ4v) is 4.43. The maximum atomic E-state index is 2.00. The summed E-state index contributed by atoms with van der Waals surface area (Å²) in [5, 5.41) is 0. The van der Waals surface area contributed by atoms with Crippen LogP contribution in [0.15, 0.2) is 0 Å². The molecule has 0 aliphatic heterocycles. The third-order valence-corrected chi connectivity index (χ3v) is 4.95. The molecular formula is C16H32. The molecule has 3 saturated carbocycles. The molecule has 3 aliphatic carbocycles. The van der Waals surface area contributed by atoms with E-state index in [9.17, 15) is 0 Å². The predicted molar refractivity (Wildman–Crippen MR) is 73.7 cm³/mol. The Morgan fingerprint density at radius 3 is 1.88 bits per heavy atom. The Bertz CT molecular complexity index is 176. The third-order valence-electron chi connectivity index (χ3n) is 4.95. The molecule has 0 saturated heterocycles. The van der Waals surface area contributed by atoms with E-state index in [1.165, 1.54) is 12.3 Å². The van der Waals surface area contributed by atoms with E-state index in [0.717, 1.165) is 11.3 Å². The molecule has 2 unspecified atom stereocenters. The first kappa shape index (κ1) is 14.1. The second-order valence-corrected chi connectivity index (χ2v) is 5.50. The van der Waals surface area contributed by atoms with Gasteiger partial charge in [-0.15, -0.1) is 0 Å². The minimum atomic E-state index is 0.890. The average Bonchev–Trinajstić information content (AvgIpc) is 2.96. The summed E-state index contributed by atoms with van der Waals surface area (Å²) < 4.78 is 0. The quantitative estimate of drug-likeness (QED) is 0.487.